The first-order valence-electron chi connectivity index (χ1n) is 5.20. The quantitative estimate of drug-likeness (QED) is 0.752. The van der Waals surface area contributed by atoms with Gasteiger partial charge in [-0.2, -0.15) is 10.1 Å². The molecule has 2 rings (SSSR count). The van der Waals surface area contributed by atoms with Crippen LogP contribution in [-0.4, -0.2) is 33.4 Å². The van der Waals surface area contributed by atoms with Crippen molar-refractivity contribution in [2.24, 2.45) is 0 Å². The van der Waals surface area contributed by atoms with Gasteiger partial charge in [0.25, 0.3) is 0 Å². The molecule has 0 aliphatic carbocycles. The summed E-state index contributed by atoms with van der Waals surface area (Å²) in [5.74, 6) is 0.346. The van der Waals surface area contributed by atoms with E-state index in [0.717, 1.165) is 5.70 Å². The number of hydrogen-bond acceptors (Lipinski definition) is 5. The van der Waals surface area contributed by atoms with E-state index < -0.39 is 0 Å². The fourth-order valence-corrected chi connectivity index (χ4v) is 1.81. The number of carbonyl (C=O) groups excluding carboxylic acids is 1. The topological polar surface area (TPSA) is 69.0 Å². The molecular weight excluding hydrogens is 208 g/mol. The third kappa shape index (κ3) is 1.56. The lowest BCUT2D eigenvalue weighted by molar-refractivity contribution is -0.138. The first-order chi connectivity index (χ1) is 7.65. The van der Waals surface area contributed by atoms with E-state index in [9.17, 15) is 4.79 Å². The number of ether oxygens (including phenoxy) is 1. The third-order valence-electron chi connectivity index (χ3n) is 2.53. The lowest BCUT2D eigenvalue weighted by Gasteiger charge is -2.24. The molecule has 16 heavy (non-hydrogen) atoms. The van der Waals surface area contributed by atoms with Gasteiger partial charge in [0.1, 0.15) is 6.33 Å². The molecule has 1 atom stereocenters. The number of anilines is 1. The van der Waals surface area contributed by atoms with Crippen LogP contribution in [0.15, 0.2) is 11.9 Å². The third-order valence-corrected chi connectivity index (χ3v) is 2.53. The highest BCUT2D eigenvalue weighted by Crippen LogP contribution is 2.25. The van der Waals surface area contributed by atoms with Crippen molar-refractivity contribution in [1.29, 1.82) is 0 Å². The molecule has 0 saturated heterocycles. The molecule has 1 N–H and O–H groups in total. The molecule has 0 saturated carbocycles. The van der Waals surface area contributed by atoms with E-state index in [2.05, 4.69) is 15.4 Å². The summed E-state index contributed by atoms with van der Waals surface area (Å²) in [7, 11) is 0. The summed E-state index contributed by atoms with van der Waals surface area (Å²) in [5, 5.41) is 7.13. The fourth-order valence-electron chi connectivity index (χ4n) is 1.81. The maximum Gasteiger partial charge on any atom is 0.337 e. The molecule has 0 radical (unpaired) electrons. The smallest absolute Gasteiger partial charge is 0.337 e. The van der Waals surface area contributed by atoms with Gasteiger partial charge in [0, 0.05) is 0 Å². The van der Waals surface area contributed by atoms with Crippen molar-refractivity contribution in [3.8, 4) is 0 Å². The fraction of sp³-hybridized carbons (Fsp3) is 0.500. The second-order valence-electron chi connectivity index (χ2n) is 3.58. The Labute approximate surface area is 93.3 Å². The molecule has 1 aromatic heterocycles. The van der Waals surface area contributed by atoms with E-state index in [0.29, 0.717) is 18.1 Å². The number of hydrogen-bond donors (Lipinski definition) is 1. The lowest BCUT2D eigenvalue weighted by atomic mass is 10.1. The zero-order valence-electron chi connectivity index (χ0n) is 9.52. The zero-order valence-corrected chi connectivity index (χ0v) is 9.52. The zero-order chi connectivity index (χ0) is 11.7. The van der Waals surface area contributed by atoms with Gasteiger partial charge in [0.15, 0.2) is 0 Å². The summed E-state index contributed by atoms with van der Waals surface area (Å²) < 4.78 is 6.62. The standard InChI is InChI=1S/C10H14N4O2/c1-4-16-9(15)8-6(2)13-10-11-5-12-14(10)7(8)3/h5-6H,4H2,1-3H3,(H,11,12,13). The van der Waals surface area contributed by atoms with Crippen molar-refractivity contribution in [2.75, 3.05) is 11.9 Å². The Morgan fingerprint density at radius 1 is 1.69 bits per heavy atom. The second-order valence-corrected chi connectivity index (χ2v) is 3.58. The van der Waals surface area contributed by atoms with Gasteiger partial charge in [0.2, 0.25) is 5.95 Å². The van der Waals surface area contributed by atoms with Crippen molar-refractivity contribution >= 4 is 17.6 Å². The molecule has 1 aromatic rings. The van der Waals surface area contributed by atoms with Crippen LogP contribution in [0, 0.1) is 0 Å². The van der Waals surface area contributed by atoms with Crippen LogP contribution in [-0.2, 0) is 9.53 Å². The van der Waals surface area contributed by atoms with E-state index in [1.54, 1.807) is 11.6 Å². The minimum Gasteiger partial charge on any atom is -0.463 e. The SMILES string of the molecule is CCOC(=O)C1=C(C)n2ncnc2NC1C. The molecule has 0 bridgehead atoms. The lowest BCUT2D eigenvalue weighted by Crippen LogP contribution is -2.32. The Bertz CT molecular complexity index is 449. The second kappa shape index (κ2) is 3.96. The van der Waals surface area contributed by atoms with Crippen molar-refractivity contribution in [2.45, 2.75) is 26.8 Å². The molecule has 0 spiro atoms. The number of esters is 1. The number of aromatic nitrogens is 3. The first kappa shape index (κ1) is 10.7. The molecule has 0 fully saturated rings. The summed E-state index contributed by atoms with van der Waals surface area (Å²) in [6.07, 6.45) is 1.45. The predicted octanol–water partition coefficient (Wildman–Crippen LogP) is 0.886. The van der Waals surface area contributed by atoms with Gasteiger partial charge in [-0.05, 0) is 20.8 Å². The van der Waals surface area contributed by atoms with Crippen LogP contribution in [0.3, 0.4) is 0 Å². The summed E-state index contributed by atoms with van der Waals surface area (Å²) in [4.78, 5) is 15.8. The van der Waals surface area contributed by atoms with Gasteiger partial charge in [-0.3, -0.25) is 0 Å². The van der Waals surface area contributed by atoms with E-state index in [4.69, 9.17) is 4.74 Å². The van der Waals surface area contributed by atoms with Gasteiger partial charge in [-0.25, -0.2) is 9.48 Å². The molecule has 1 aliphatic rings. The van der Waals surface area contributed by atoms with Crippen molar-refractivity contribution < 1.29 is 9.53 Å². The molecule has 1 unspecified atom stereocenters. The highest BCUT2D eigenvalue weighted by molar-refractivity contribution is 5.97. The van der Waals surface area contributed by atoms with Crippen molar-refractivity contribution in [3.63, 3.8) is 0 Å². The summed E-state index contributed by atoms with van der Waals surface area (Å²) in [5.41, 5.74) is 1.36. The average Bonchev–Trinajstić information content (AvgIpc) is 2.66. The molecule has 86 valence electrons. The summed E-state index contributed by atoms with van der Waals surface area (Å²) in [6.45, 7) is 5.89. The van der Waals surface area contributed by atoms with Gasteiger partial charge >= 0.3 is 5.97 Å². The average molecular weight is 222 g/mol. The van der Waals surface area contributed by atoms with Crippen LogP contribution in [0.5, 0.6) is 0 Å². The Balaban J connectivity index is 2.43. The molecule has 0 amide bonds. The first-order valence-corrected chi connectivity index (χ1v) is 5.20. The van der Waals surface area contributed by atoms with Gasteiger partial charge in [-0.1, -0.05) is 0 Å². The number of nitrogens with zero attached hydrogens (tertiary/aromatic N) is 3. The van der Waals surface area contributed by atoms with Gasteiger partial charge < -0.3 is 10.1 Å². The highest BCUT2D eigenvalue weighted by atomic mass is 16.5. The van der Waals surface area contributed by atoms with Crippen LogP contribution in [0.2, 0.25) is 0 Å². The molecule has 6 nitrogen and oxygen atoms in total. The van der Waals surface area contributed by atoms with Gasteiger partial charge in [0.05, 0.1) is 23.9 Å². The Kier molecular flexibility index (Phi) is 2.64. The number of nitrogens with one attached hydrogen (secondary N) is 1. The van der Waals surface area contributed by atoms with E-state index in [1.807, 2.05) is 13.8 Å². The van der Waals surface area contributed by atoms with Crippen molar-refractivity contribution in [1.82, 2.24) is 14.8 Å². The normalized spacial score (nSPS) is 19.1. The Morgan fingerprint density at radius 2 is 2.44 bits per heavy atom. The van der Waals surface area contributed by atoms with Crippen LogP contribution in [0.4, 0.5) is 5.95 Å². The predicted molar refractivity (Wildman–Crippen MR) is 58.6 cm³/mol. The minimum atomic E-state index is -0.304. The molecule has 2 heterocycles. The molecular formula is C10H14N4O2. The monoisotopic (exact) mass is 222 g/mol. The Morgan fingerprint density at radius 3 is 3.12 bits per heavy atom. The summed E-state index contributed by atoms with van der Waals surface area (Å²) >= 11 is 0. The number of carbonyl (C=O) groups is 1. The molecule has 6 heteroatoms. The number of fused-ring (bicyclic) bond motifs is 1. The summed E-state index contributed by atoms with van der Waals surface area (Å²) in [6, 6.07) is -0.115. The Hall–Kier alpha value is -1.85. The van der Waals surface area contributed by atoms with Gasteiger partial charge in [-0.15, -0.1) is 0 Å². The van der Waals surface area contributed by atoms with Crippen LogP contribution in [0.1, 0.15) is 20.8 Å². The van der Waals surface area contributed by atoms with E-state index in [1.165, 1.54) is 6.33 Å². The minimum absolute atomic E-state index is 0.115. The largest absolute Gasteiger partial charge is 0.463 e. The highest BCUT2D eigenvalue weighted by Gasteiger charge is 2.28. The molecule has 1 aliphatic heterocycles. The van der Waals surface area contributed by atoms with Crippen LogP contribution in [0.25, 0.3) is 5.70 Å². The number of rotatable bonds is 2. The van der Waals surface area contributed by atoms with Crippen LogP contribution < -0.4 is 5.32 Å². The van der Waals surface area contributed by atoms with Crippen molar-refractivity contribution in [3.05, 3.63) is 11.9 Å². The maximum atomic E-state index is 11.8. The van der Waals surface area contributed by atoms with Crippen LogP contribution >= 0.6 is 0 Å². The maximum absolute atomic E-state index is 11.8. The number of allylic oxidation sites excluding steroid dienone is 1. The van der Waals surface area contributed by atoms with E-state index in [-0.39, 0.29) is 12.0 Å². The van der Waals surface area contributed by atoms with E-state index >= 15 is 0 Å². The molecule has 0 aromatic carbocycles.